The van der Waals surface area contributed by atoms with Crippen molar-refractivity contribution in [2.45, 2.75) is 0 Å². The summed E-state index contributed by atoms with van der Waals surface area (Å²) < 4.78 is 31.9. The molecular formula is C22H16F2N2O4. The summed E-state index contributed by atoms with van der Waals surface area (Å²) in [4.78, 5) is 36.5. The highest BCUT2D eigenvalue weighted by Gasteiger charge is 2.20. The number of anilines is 2. The lowest BCUT2D eigenvalue weighted by atomic mass is 10.1. The molecule has 0 saturated carbocycles. The van der Waals surface area contributed by atoms with E-state index in [9.17, 15) is 23.2 Å². The zero-order chi connectivity index (χ0) is 21.5. The predicted molar refractivity (Wildman–Crippen MR) is 106 cm³/mol. The molecule has 2 N–H and O–H groups in total. The van der Waals surface area contributed by atoms with Gasteiger partial charge in [0.15, 0.2) is 6.61 Å². The maximum Gasteiger partial charge on any atom is 0.344 e. The van der Waals surface area contributed by atoms with Crippen LogP contribution in [-0.4, -0.2) is 24.4 Å². The number of carbonyl (C=O) groups is 3. The molecule has 0 aliphatic carbocycles. The summed E-state index contributed by atoms with van der Waals surface area (Å²) >= 11 is 0. The van der Waals surface area contributed by atoms with Gasteiger partial charge >= 0.3 is 5.97 Å². The van der Waals surface area contributed by atoms with Gasteiger partial charge in [-0.25, -0.2) is 13.6 Å². The van der Waals surface area contributed by atoms with E-state index >= 15 is 0 Å². The molecule has 3 aromatic rings. The van der Waals surface area contributed by atoms with Crippen molar-refractivity contribution in [3.8, 4) is 0 Å². The molecule has 3 aromatic carbocycles. The van der Waals surface area contributed by atoms with Crippen LogP contribution in [0.4, 0.5) is 20.2 Å². The predicted octanol–water partition coefficient (Wildman–Crippen LogP) is 4.01. The maximum atomic E-state index is 13.6. The zero-order valence-electron chi connectivity index (χ0n) is 15.5. The Labute approximate surface area is 170 Å². The van der Waals surface area contributed by atoms with Gasteiger partial charge in [-0.1, -0.05) is 36.4 Å². The Kier molecular flexibility index (Phi) is 6.49. The van der Waals surface area contributed by atoms with E-state index in [0.717, 1.165) is 18.2 Å². The van der Waals surface area contributed by atoms with E-state index in [1.807, 2.05) is 0 Å². The smallest absolute Gasteiger partial charge is 0.344 e. The minimum absolute atomic E-state index is 0.182. The van der Waals surface area contributed by atoms with E-state index in [-0.39, 0.29) is 11.3 Å². The standard InChI is InChI=1S/C22H16F2N2O4/c23-16-10-6-11-17(24)20(16)22(29)30-13-19(27)26-18-12-5-4-9-15(18)21(28)25-14-7-2-1-3-8-14/h1-12H,13H2,(H,25,28)(H,26,27). The summed E-state index contributed by atoms with van der Waals surface area (Å²) in [6, 6.07) is 17.9. The number of hydrogen-bond acceptors (Lipinski definition) is 4. The van der Waals surface area contributed by atoms with E-state index in [4.69, 9.17) is 0 Å². The Morgan fingerprint density at radius 1 is 0.767 bits per heavy atom. The van der Waals surface area contributed by atoms with Crippen LogP contribution in [0.15, 0.2) is 72.8 Å². The van der Waals surface area contributed by atoms with E-state index < -0.39 is 41.6 Å². The van der Waals surface area contributed by atoms with E-state index in [2.05, 4.69) is 15.4 Å². The fourth-order valence-corrected chi connectivity index (χ4v) is 2.59. The second-order valence-electron chi connectivity index (χ2n) is 6.09. The minimum Gasteiger partial charge on any atom is -0.452 e. The molecule has 152 valence electrons. The molecule has 6 nitrogen and oxygen atoms in total. The minimum atomic E-state index is -1.31. The fraction of sp³-hybridized carbons (Fsp3) is 0.0455. The number of rotatable bonds is 6. The Morgan fingerprint density at radius 2 is 1.40 bits per heavy atom. The lowest BCUT2D eigenvalue weighted by Gasteiger charge is -2.12. The highest BCUT2D eigenvalue weighted by atomic mass is 19.1. The maximum absolute atomic E-state index is 13.6. The normalized spacial score (nSPS) is 10.2. The molecule has 0 heterocycles. The van der Waals surface area contributed by atoms with E-state index in [1.54, 1.807) is 42.5 Å². The van der Waals surface area contributed by atoms with Crippen LogP contribution in [0.25, 0.3) is 0 Å². The number of esters is 1. The van der Waals surface area contributed by atoms with Crippen molar-refractivity contribution < 1.29 is 27.9 Å². The first-order chi connectivity index (χ1) is 14.5. The highest BCUT2D eigenvalue weighted by molar-refractivity contribution is 6.10. The van der Waals surface area contributed by atoms with E-state index in [1.165, 1.54) is 12.1 Å². The van der Waals surface area contributed by atoms with E-state index in [0.29, 0.717) is 5.69 Å². The molecule has 0 radical (unpaired) electrons. The average Bonchev–Trinajstić information content (AvgIpc) is 2.73. The lowest BCUT2D eigenvalue weighted by Crippen LogP contribution is -2.23. The first-order valence-electron chi connectivity index (χ1n) is 8.82. The van der Waals surface area contributed by atoms with Crippen LogP contribution in [0.1, 0.15) is 20.7 Å². The van der Waals surface area contributed by atoms with Crippen molar-refractivity contribution in [2.75, 3.05) is 17.2 Å². The summed E-state index contributed by atoms with van der Waals surface area (Å²) in [5.74, 6) is -4.73. The first-order valence-corrected chi connectivity index (χ1v) is 8.82. The molecule has 30 heavy (non-hydrogen) atoms. The van der Waals surface area contributed by atoms with Crippen molar-refractivity contribution in [2.24, 2.45) is 0 Å². The number of benzene rings is 3. The van der Waals surface area contributed by atoms with Crippen LogP contribution in [0.5, 0.6) is 0 Å². The molecule has 0 saturated heterocycles. The number of amides is 2. The summed E-state index contributed by atoms with van der Waals surface area (Å²) in [6.07, 6.45) is 0. The van der Waals surface area contributed by atoms with Gasteiger partial charge < -0.3 is 15.4 Å². The van der Waals surface area contributed by atoms with Crippen LogP contribution in [0, 0.1) is 11.6 Å². The first kappa shape index (κ1) is 20.7. The third kappa shape index (κ3) is 5.05. The number of ether oxygens (including phenoxy) is 1. The number of halogens is 2. The molecule has 0 unspecified atom stereocenters. The second-order valence-corrected chi connectivity index (χ2v) is 6.09. The quantitative estimate of drug-likeness (QED) is 0.602. The van der Waals surface area contributed by atoms with Gasteiger partial charge in [0, 0.05) is 5.69 Å². The van der Waals surface area contributed by atoms with Crippen LogP contribution >= 0.6 is 0 Å². The molecule has 0 bridgehead atoms. The van der Waals surface area contributed by atoms with Crippen molar-refractivity contribution >= 4 is 29.2 Å². The molecule has 0 fully saturated rings. The van der Waals surface area contributed by atoms with Crippen molar-refractivity contribution in [3.05, 3.63) is 95.6 Å². The summed E-state index contributed by atoms with van der Waals surface area (Å²) in [7, 11) is 0. The molecule has 0 aliphatic heterocycles. The average molecular weight is 410 g/mol. The molecule has 0 aliphatic rings. The molecular weight excluding hydrogens is 394 g/mol. The summed E-state index contributed by atoms with van der Waals surface area (Å²) in [5, 5.41) is 5.15. The number of carbonyl (C=O) groups excluding carboxylic acids is 3. The SMILES string of the molecule is O=C(COC(=O)c1c(F)cccc1F)Nc1ccccc1C(=O)Nc1ccccc1. The van der Waals surface area contributed by atoms with Crippen LogP contribution in [0.2, 0.25) is 0 Å². The summed E-state index contributed by atoms with van der Waals surface area (Å²) in [5.41, 5.74) is 0.0580. The lowest BCUT2D eigenvalue weighted by molar-refractivity contribution is -0.119. The van der Waals surface area contributed by atoms with Crippen LogP contribution in [-0.2, 0) is 9.53 Å². The van der Waals surface area contributed by atoms with Gasteiger partial charge in [-0.3, -0.25) is 9.59 Å². The van der Waals surface area contributed by atoms with Crippen molar-refractivity contribution in [1.82, 2.24) is 0 Å². The Hall–Kier alpha value is -4.07. The van der Waals surface area contributed by atoms with Gasteiger partial charge in [-0.05, 0) is 36.4 Å². The van der Waals surface area contributed by atoms with Crippen LogP contribution in [0.3, 0.4) is 0 Å². The molecule has 3 rings (SSSR count). The van der Waals surface area contributed by atoms with Crippen LogP contribution < -0.4 is 10.6 Å². The zero-order valence-corrected chi connectivity index (χ0v) is 15.5. The molecule has 0 spiro atoms. The number of hydrogen-bond donors (Lipinski definition) is 2. The molecule has 2 amide bonds. The Morgan fingerprint density at radius 3 is 2.10 bits per heavy atom. The second kappa shape index (κ2) is 9.42. The van der Waals surface area contributed by atoms with Gasteiger partial charge in [-0.2, -0.15) is 0 Å². The highest BCUT2D eigenvalue weighted by Crippen LogP contribution is 2.18. The number of nitrogens with one attached hydrogen (secondary N) is 2. The number of para-hydroxylation sites is 2. The summed E-state index contributed by atoms with van der Waals surface area (Å²) in [6.45, 7) is -0.790. The van der Waals surface area contributed by atoms with Gasteiger partial charge in [0.25, 0.3) is 11.8 Å². The monoisotopic (exact) mass is 410 g/mol. The van der Waals surface area contributed by atoms with Crippen molar-refractivity contribution in [3.63, 3.8) is 0 Å². The molecule has 0 aromatic heterocycles. The Bertz CT molecular complexity index is 1070. The topological polar surface area (TPSA) is 84.5 Å². The van der Waals surface area contributed by atoms with Gasteiger partial charge in [0.1, 0.15) is 17.2 Å². The molecule has 0 atom stereocenters. The van der Waals surface area contributed by atoms with Gasteiger partial charge in [0.2, 0.25) is 0 Å². The van der Waals surface area contributed by atoms with Crippen molar-refractivity contribution in [1.29, 1.82) is 0 Å². The molecule has 8 heteroatoms. The van der Waals surface area contributed by atoms with Gasteiger partial charge in [-0.15, -0.1) is 0 Å². The Balaban J connectivity index is 1.64. The third-order valence-electron chi connectivity index (χ3n) is 3.98. The largest absolute Gasteiger partial charge is 0.452 e. The third-order valence-corrected chi connectivity index (χ3v) is 3.98. The van der Waals surface area contributed by atoms with Gasteiger partial charge in [0.05, 0.1) is 11.3 Å². The fourth-order valence-electron chi connectivity index (χ4n) is 2.59.